The molecule has 0 spiro atoms. The highest BCUT2D eigenvalue weighted by Crippen LogP contribution is 2.33. The number of nitrogens with one attached hydrogen (secondary N) is 1. The Balaban J connectivity index is 2.40. The largest absolute Gasteiger partial charge is 0.299 e. The van der Waals surface area contributed by atoms with Crippen molar-refractivity contribution in [1.29, 1.82) is 5.26 Å². The van der Waals surface area contributed by atoms with Crippen molar-refractivity contribution in [2.24, 2.45) is 5.11 Å². The first-order valence-corrected chi connectivity index (χ1v) is 5.56. The number of thioether (sulfide) groups is 1. The van der Waals surface area contributed by atoms with E-state index < -0.39 is 5.54 Å². The number of nitriles is 1. The summed E-state index contributed by atoms with van der Waals surface area (Å²) in [5.74, 6) is 0.820. The smallest absolute Gasteiger partial charge is 0.116 e. The minimum Gasteiger partial charge on any atom is -0.299 e. The lowest BCUT2D eigenvalue weighted by atomic mass is 9.98. The monoisotopic (exact) mass is 211 g/mol. The van der Waals surface area contributed by atoms with E-state index in [1.807, 2.05) is 0 Å². The fourth-order valence-electron chi connectivity index (χ4n) is 1.52. The van der Waals surface area contributed by atoms with E-state index in [0.29, 0.717) is 18.3 Å². The first-order chi connectivity index (χ1) is 6.72. The fraction of sp³-hybridized carbons (Fsp3) is 0.875. The number of rotatable bonds is 4. The SMILES string of the molecule is CC1CC(C#N)(NCCN=[N+]=[N-])CS1. The Morgan fingerprint density at radius 1 is 1.86 bits per heavy atom. The van der Waals surface area contributed by atoms with Crippen LogP contribution in [-0.4, -0.2) is 29.6 Å². The molecular weight excluding hydrogens is 198 g/mol. The highest BCUT2D eigenvalue weighted by Gasteiger charge is 2.37. The Bertz CT molecular complexity index is 280. The first kappa shape index (κ1) is 11.2. The molecule has 0 aromatic rings. The van der Waals surface area contributed by atoms with E-state index >= 15 is 0 Å². The Labute approximate surface area is 87.5 Å². The van der Waals surface area contributed by atoms with E-state index in [1.54, 1.807) is 11.8 Å². The van der Waals surface area contributed by atoms with Crippen molar-refractivity contribution in [2.75, 3.05) is 18.8 Å². The zero-order chi connectivity index (χ0) is 10.4. The number of azide groups is 1. The molecule has 6 heteroatoms. The van der Waals surface area contributed by atoms with Crippen molar-refractivity contribution in [3.05, 3.63) is 10.4 Å². The molecule has 2 atom stereocenters. The molecule has 0 saturated carbocycles. The molecule has 0 aromatic heterocycles. The van der Waals surface area contributed by atoms with Gasteiger partial charge in [-0.25, -0.2) is 0 Å². The van der Waals surface area contributed by atoms with Crippen LogP contribution < -0.4 is 5.32 Å². The van der Waals surface area contributed by atoms with E-state index in [2.05, 4.69) is 28.3 Å². The summed E-state index contributed by atoms with van der Waals surface area (Å²) in [7, 11) is 0. The van der Waals surface area contributed by atoms with Crippen molar-refractivity contribution in [3.63, 3.8) is 0 Å². The zero-order valence-corrected chi connectivity index (χ0v) is 8.92. The molecule has 1 N–H and O–H groups in total. The summed E-state index contributed by atoms with van der Waals surface area (Å²) in [6.45, 7) is 3.10. The summed E-state index contributed by atoms with van der Waals surface area (Å²) in [6, 6.07) is 2.32. The molecule has 1 saturated heterocycles. The zero-order valence-electron chi connectivity index (χ0n) is 8.10. The standard InChI is InChI=1S/C8H13N5S/c1-7-4-8(5-9,6-14-7)11-2-3-12-13-10/h7,11H,2-4,6H2,1H3. The summed E-state index contributed by atoms with van der Waals surface area (Å²) < 4.78 is 0. The van der Waals surface area contributed by atoms with Gasteiger partial charge in [-0.1, -0.05) is 12.0 Å². The van der Waals surface area contributed by atoms with Crippen LogP contribution in [-0.2, 0) is 0 Å². The van der Waals surface area contributed by atoms with E-state index in [4.69, 9.17) is 10.8 Å². The van der Waals surface area contributed by atoms with Gasteiger partial charge in [0.25, 0.3) is 0 Å². The molecule has 0 amide bonds. The second kappa shape index (κ2) is 5.11. The summed E-state index contributed by atoms with van der Waals surface area (Å²) in [6.07, 6.45) is 0.866. The third-order valence-corrected chi connectivity index (χ3v) is 3.60. The molecule has 1 aliphatic rings. The average molecular weight is 211 g/mol. The molecule has 1 heterocycles. The molecule has 2 unspecified atom stereocenters. The molecule has 0 aliphatic carbocycles. The predicted molar refractivity (Wildman–Crippen MR) is 56.9 cm³/mol. The van der Waals surface area contributed by atoms with Gasteiger partial charge in [-0.2, -0.15) is 17.0 Å². The van der Waals surface area contributed by atoms with Crippen LogP contribution in [0.5, 0.6) is 0 Å². The lowest BCUT2D eigenvalue weighted by Gasteiger charge is -2.20. The molecule has 14 heavy (non-hydrogen) atoms. The molecule has 0 radical (unpaired) electrons. The first-order valence-electron chi connectivity index (χ1n) is 4.51. The van der Waals surface area contributed by atoms with Crippen molar-refractivity contribution in [3.8, 4) is 6.07 Å². The summed E-state index contributed by atoms with van der Waals surface area (Å²) in [4.78, 5) is 2.66. The van der Waals surface area contributed by atoms with Gasteiger partial charge in [-0.15, -0.1) is 0 Å². The Morgan fingerprint density at radius 3 is 3.14 bits per heavy atom. The molecule has 76 valence electrons. The minimum absolute atomic E-state index is 0.402. The van der Waals surface area contributed by atoms with Crippen LogP contribution in [0.2, 0.25) is 0 Å². The highest BCUT2D eigenvalue weighted by atomic mass is 32.2. The van der Waals surface area contributed by atoms with Crippen LogP contribution in [0.3, 0.4) is 0 Å². The van der Waals surface area contributed by atoms with Crippen molar-refractivity contribution < 1.29 is 0 Å². The van der Waals surface area contributed by atoms with Gasteiger partial charge in [0.2, 0.25) is 0 Å². The van der Waals surface area contributed by atoms with Crippen LogP contribution in [0.15, 0.2) is 5.11 Å². The Kier molecular flexibility index (Phi) is 4.08. The lowest BCUT2D eigenvalue weighted by Crippen LogP contribution is -2.45. The maximum atomic E-state index is 9.06. The predicted octanol–water partition coefficient (Wildman–Crippen LogP) is 1.67. The van der Waals surface area contributed by atoms with Crippen LogP contribution in [0.1, 0.15) is 13.3 Å². The Hall–Kier alpha value is -0.890. The quantitative estimate of drug-likeness (QED) is 0.332. The molecule has 1 rings (SSSR count). The van der Waals surface area contributed by atoms with Crippen molar-refractivity contribution in [2.45, 2.75) is 24.1 Å². The second-order valence-electron chi connectivity index (χ2n) is 3.40. The van der Waals surface area contributed by atoms with Gasteiger partial charge in [0.15, 0.2) is 0 Å². The highest BCUT2D eigenvalue weighted by molar-refractivity contribution is 8.00. The van der Waals surface area contributed by atoms with Gasteiger partial charge in [0.05, 0.1) is 6.07 Å². The molecule has 1 aliphatic heterocycles. The van der Waals surface area contributed by atoms with E-state index in [9.17, 15) is 0 Å². The minimum atomic E-state index is -0.408. The van der Waals surface area contributed by atoms with Crippen LogP contribution in [0, 0.1) is 11.3 Å². The number of hydrogen-bond acceptors (Lipinski definition) is 4. The van der Waals surface area contributed by atoms with E-state index in [-0.39, 0.29) is 0 Å². The number of nitrogens with zero attached hydrogens (tertiary/aromatic N) is 4. The molecule has 0 aromatic carbocycles. The average Bonchev–Trinajstić information content (AvgIpc) is 2.56. The van der Waals surface area contributed by atoms with Gasteiger partial charge in [-0.05, 0) is 12.0 Å². The maximum absolute atomic E-state index is 9.06. The topological polar surface area (TPSA) is 84.6 Å². The van der Waals surface area contributed by atoms with Crippen LogP contribution in [0.25, 0.3) is 10.4 Å². The molecule has 1 fully saturated rings. The molecule has 0 bridgehead atoms. The lowest BCUT2D eigenvalue weighted by molar-refractivity contribution is 0.448. The van der Waals surface area contributed by atoms with Crippen LogP contribution >= 0.6 is 11.8 Å². The summed E-state index contributed by atoms with van der Waals surface area (Å²) in [5.41, 5.74) is 7.68. The van der Waals surface area contributed by atoms with Gasteiger partial charge in [0, 0.05) is 29.0 Å². The number of hydrogen-bond donors (Lipinski definition) is 1. The Morgan fingerprint density at radius 2 is 2.64 bits per heavy atom. The van der Waals surface area contributed by atoms with Gasteiger partial charge < -0.3 is 0 Å². The fourth-order valence-corrected chi connectivity index (χ4v) is 2.78. The third-order valence-electron chi connectivity index (χ3n) is 2.20. The third kappa shape index (κ3) is 2.81. The normalized spacial score (nSPS) is 30.7. The van der Waals surface area contributed by atoms with Crippen LogP contribution in [0.4, 0.5) is 0 Å². The summed E-state index contributed by atoms with van der Waals surface area (Å²) >= 11 is 1.80. The van der Waals surface area contributed by atoms with E-state index in [0.717, 1.165) is 12.2 Å². The van der Waals surface area contributed by atoms with Crippen molar-refractivity contribution in [1.82, 2.24) is 5.32 Å². The van der Waals surface area contributed by atoms with Gasteiger partial charge in [0.1, 0.15) is 5.54 Å². The van der Waals surface area contributed by atoms with Gasteiger partial charge >= 0.3 is 0 Å². The van der Waals surface area contributed by atoms with E-state index in [1.165, 1.54) is 0 Å². The molecule has 5 nitrogen and oxygen atoms in total. The van der Waals surface area contributed by atoms with Gasteiger partial charge in [-0.3, -0.25) is 5.32 Å². The maximum Gasteiger partial charge on any atom is 0.116 e. The molecular formula is C8H13N5S. The van der Waals surface area contributed by atoms with Crippen molar-refractivity contribution >= 4 is 11.8 Å². The summed E-state index contributed by atoms with van der Waals surface area (Å²) in [5, 5.41) is 16.2. The second-order valence-corrected chi connectivity index (χ2v) is 4.83.